The van der Waals surface area contributed by atoms with E-state index in [2.05, 4.69) is 18.7 Å². The van der Waals surface area contributed by atoms with Gasteiger partial charge in [0.1, 0.15) is 0 Å². The maximum absolute atomic E-state index is 9.79. The molecule has 0 unspecified atom stereocenters. The zero-order valence-electron chi connectivity index (χ0n) is 12.4. The third-order valence-electron chi connectivity index (χ3n) is 5.73. The number of rotatable bonds is 4. The number of hydrogen-bond donors (Lipinski definition) is 1. The molecule has 0 spiro atoms. The first kappa shape index (κ1) is 14.3. The molecule has 0 bridgehead atoms. The van der Waals surface area contributed by atoms with Crippen LogP contribution in [0, 0.1) is 10.8 Å². The molecular formula is C16H31NO. The summed E-state index contributed by atoms with van der Waals surface area (Å²) in [6.07, 6.45) is 10.5. The Balaban J connectivity index is 1.86. The summed E-state index contributed by atoms with van der Waals surface area (Å²) >= 11 is 0. The largest absolute Gasteiger partial charge is 0.396 e. The molecule has 18 heavy (non-hydrogen) atoms. The van der Waals surface area contributed by atoms with Gasteiger partial charge in [0.25, 0.3) is 0 Å². The molecule has 2 nitrogen and oxygen atoms in total. The van der Waals surface area contributed by atoms with Crippen molar-refractivity contribution < 1.29 is 5.11 Å². The highest BCUT2D eigenvalue weighted by Crippen LogP contribution is 2.39. The second kappa shape index (κ2) is 5.92. The Morgan fingerprint density at radius 1 is 1.00 bits per heavy atom. The lowest BCUT2D eigenvalue weighted by molar-refractivity contribution is 0.0163. The Morgan fingerprint density at radius 3 is 2.11 bits per heavy atom. The van der Waals surface area contributed by atoms with Gasteiger partial charge in [-0.3, -0.25) is 0 Å². The number of piperidine rings is 1. The fraction of sp³-hybridized carbons (Fsp3) is 1.00. The topological polar surface area (TPSA) is 23.5 Å². The van der Waals surface area contributed by atoms with E-state index < -0.39 is 0 Å². The zero-order chi connectivity index (χ0) is 13.1. The number of aliphatic hydroxyl groups excluding tert-OH is 1. The Kier molecular flexibility index (Phi) is 4.71. The fourth-order valence-corrected chi connectivity index (χ4v) is 3.75. The molecule has 2 heteroatoms. The lowest BCUT2D eigenvalue weighted by Crippen LogP contribution is -2.46. The lowest BCUT2D eigenvalue weighted by atomic mass is 9.73. The molecule has 0 aromatic rings. The molecule has 2 fully saturated rings. The van der Waals surface area contributed by atoms with E-state index in [1.54, 1.807) is 0 Å². The summed E-state index contributed by atoms with van der Waals surface area (Å²) < 4.78 is 0. The van der Waals surface area contributed by atoms with Crippen LogP contribution in [0.3, 0.4) is 0 Å². The highest BCUT2D eigenvalue weighted by molar-refractivity contribution is 4.88. The van der Waals surface area contributed by atoms with Gasteiger partial charge in [0.2, 0.25) is 0 Å². The summed E-state index contributed by atoms with van der Waals surface area (Å²) in [4.78, 5) is 2.62. The Morgan fingerprint density at radius 2 is 1.61 bits per heavy atom. The van der Waals surface area contributed by atoms with Crippen molar-refractivity contribution in [3.8, 4) is 0 Å². The summed E-state index contributed by atoms with van der Waals surface area (Å²) in [7, 11) is 0. The van der Waals surface area contributed by atoms with Crippen LogP contribution in [-0.2, 0) is 0 Å². The molecule has 1 saturated carbocycles. The Hall–Kier alpha value is -0.0800. The van der Waals surface area contributed by atoms with Crippen molar-refractivity contribution in [1.82, 2.24) is 4.90 Å². The van der Waals surface area contributed by atoms with Crippen molar-refractivity contribution in [2.24, 2.45) is 10.8 Å². The minimum atomic E-state index is 0.234. The van der Waals surface area contributed by atoms with E-state index in [0.29, 0.717) is 12.0 Å². The van der Waals surface area contributed by atoms with Crippen LogP contribution in [0.5, 0.6) is 0 Å². The molecule has 1 N–H and O–H groups in total. The van der Waals surface area contributed by atoms with E-state index in [1.165, 1.54) is 64.5 Å². The smallest absolute Gasteiger partial charge is 0.0499 e. The van der Waals surface area contributed by atoms with Crippen molar-refractivity contribution >= 4 is 0 Å². The quantitative estimate of drug-likeness (QED) is 0.829. The van der Waals surface area contributed by atoms with E-state index in [0.717, 1.165) is 6.54 Å². The van der Waals surface area contributed by atoms with E-state index in [9.17, 15) is 5.11 Å². The number of nitrogens with zero attached hydrogens (tertiary/aromatic N) is 1. The van der Waals surface area contributed by atoms with Crippen molar-refractivity contribution in [2.75, 3.05) is 26.2 Å². The SMILES string of the molecule is CCC1(C)CCN(CC2(CO)CCCCC2)CC1. The molecular weight excluding hydrogens is 222 g/mol. The molecule has 1 aliphatic carbocycles. The van der Waals surface area contributed by atoms with Crippen LogP contribution in [0.1, 0.15) is 65.2 Å². The minimum absolute atomic E-state index is 0.234. The second-order valence-corrected chi connectivity index (χ2v) is 7.16. The highest BCUT2D eigenvalue weighted by atomic mass is 16.3. The number of aliphatic hydroxyl groups is 1. The third-order valence-corrected chi connectivity index (χ3v) is 5.73. The van der Waals surface area contributed by atoms with Crippen LogP contribution in [0.2, 0.25) is 0 Å². The first-order valence-corrected chi connectivity index (χ1v) is 7.95. The Labute approximate surface area is 113 Å². The maximum atomic E-state index is 9.79. The van der Waals surface area contributed by atoms with Crippen LogP contribution < -0.4 is 0 Å². The molecule has 1 heterocycles. The van der Waals surface area contributed by atoms with Crippen LogP contribution in [-0.4, -0.2) is 36.2 Å². The van der Waals surface area contributed by atoms with Crippen molar-refractivity contribution in [2.45, 2.75) is 65.2 Å². The van der Waals surface area contributed by atoms with Gasteiger partial charge < -0.3 is 10.0 Å². The van der Waals surface area contributed by atoms with E-state index in [4.69, 9.17) is 0 Å². The van der Waals surface area contributed by atoms with Gasteiger partial charge in [0.15, 0.2) is 0 Å². The van der Waals surface area contributed by atoms with Crippen molar-refractivity contribution in [3.63, 3.8) is 0 Å². The molecule has 1 aliphatic heterocycles. The van der Waals surface area contributed by atoms with Gasteiger partial charge in [0, 0.05) is 18.6 Å². The highest BCUT2D eigenvalue weighted by Gasteiger charge is 2.36. The molecule has 0 aromatic carbocycles. The second-order valence-electron chi connectivity index (χ2n) is 7.16. The first-order chi connectivity index (χ1) is 8.61. The number of hydrogen-bond acceptors (Lipinski definition) is 2. The monoisotopic (exact) mass is 253 g/mol. The van der Waals surface area contributed by atoms with Crippen LogP contribution in [0.15, 0.2) is 0 Å². The van der Waals surface area contributed by atoms with Gasteiger partial charge in [-0.05, 0) is 44.2 Å². The molecule has 106 valence electrons. The van der Waals surface area contributed by atoms with E-state index in [-0.39, 0.29) is 5.41 Å². The van der Waals surface area contributed by atoms with Gasteiger partial charge in [-0.1, -0.05) is 39.5 Å². The van der Waals surface area contributed by atoms with Gasteiger partial charge in [0.05, 0.1) is 0 Å². The third kappa shape index (κ3) is 3.27. The van der Waals surface area contributed by atoms with E-state index in [1.807, 2.05) is 0 Å². The summed E-state index contributed by atoms with van der Waals surface area (Å²) in [5.41, 5.74) is 0.813. The van der Waals surface area contributed by atoms with Crippen LogP contribution >= 0.6 is 0 Å². The zero-order valence-corrected chi connectivity index (χ0v) is 12.4. The maximum Gasteiger partial charge on any atom is 0.0499 e. The normalized spacial score (nSPS) is 28.2. The van der Waals surface area contributed by atoms with Crippen LogP contribution in [0.4, 0.5) is 0 Å². The predicted octanol–water partition coefficient (Wildman–Crippen LogP) is 3.44. The summed E-state index contributed by atoms with van der Waals surface area (Å²) in [6, 6.07) is 0. The van der Waals surface area contributed by atoms with Gasteiger partial charge >= 0.3 is 0 Å². The average molecular weight is 253 g/mol. The molecule has 0 atom stereocenters. The van der Waals surface area contributed by atoms with Crippen molar-refractivity contribution in [3.05, 3.63) is 0 Å². The Bertz CT molecular complexity index is 250. The van der Waals surface area contributed by atoms with Crippen molar-refractivity contribution in [1.29, 1.82) is 0 Å². The average Bonchev–Trinajstić information content (AvgIpc) is 2.43. The summed E-state index contributed by atoms with van der Waals surface area (Å²) in [5.74, 6) is 0. The minimum Gasteiger partial charge on any atom is -0.396 e. The summed E-state index contributed by atoms with van der Waals surface area (Å²) in [6.45, 7) is 8.79. The first-order valence-electron chi connectivity index (χ1n) is 7.95. The molecule has 0 aromatic heterocycles. The molecule has 2 rings (SSSR count). The van der Waals surface area contributed by atoms with Gasteiger partial charge in [-0.15, -0.1) is 0 Å². The number of likely N-dealkylation sites (tertiary alicyclic amines) is 1. The summed E-state index contributed by atoms with van der Waals surface area (Å²) in [5, 5.41) is 9.79. The molecule has 1 saturated heterocycles. The predicted molar refractivity (Wildman–Crippen MR) is 76.7 cm³/mol. The standard InChI is InChI=1S/C16H31NO/c1-3-15(2)9-11-17(12-10-15)13-16(14-18)7-5-4-6-8-16/h18H,3-14H2,1-2H3. The molecule has 0 amide bonds. The van der Waals surface area contributed by atoms with Gasteiger partial charge in [-0.25, -0.2) is 0 Å². The lowest BCUT2D eigenvalue weighted by Gasteiger charge is -2.44. The van der Waals surface area contributed by atoms with Crippen LogP contribution in [0.25, 0.3) is 0 Å². The molecule has 0 radical (unpaired) electrons. The molecule has 2 aliphatic rings. The fourth-order valence-electron chi connectivity index (χ4n) is 3.75. The van der Waals surface area contributed by atoms with E-state index >= 15 is 0 Å². The van der Waals surface area contributed by atoms with Gasteiger partial charge in [-0.2, -0.15) is 0 Å².